The van der Waals surface area contributed by atoms with E-state index in [0.29, 0.717) is 0 Å². The first kappa shape index (κ1) is 11.0. The predicted molar refractivity (Wildman–Crippen MR) is 66.7 cm³/mol. The van der Waals surface area contributed by atoms with E-state index in [0.717, 1.165) is 17.8 Å². The van der Waals surface area contributed by atoms with Gasteiger partial charge in [0.25, 0.3) is 0 Å². The summed E-state index contributed by atoms with van der Waals surface area (Å²) in [6, 6.07) is 0. The molecule has 0 bridgehead atoms. The maximum atomic E-state index is 4.16. The summed E-state index contributed by atoms with van der Waals surface area (Å²) in [4.78, 5) is 0. The van der Waals surface area contributed by atoms with Crippen LogP contribution in [0.15, 0.2) is 23.3 Å². The molecule has 0 aromatic carbocycles. The highest BCUT2D eigenvalue weighted by molar-refractivity contribution is 5.36. The summed E-state index contributed by atoms with van der Waals surface area (Å²) < 4.78 is 0. The number of allylic oxidation sites excluding steroid dienone is 3. The van der Waals surface area contributed by atoms with E-state index in [4.69, 9.17) is 0 Å². The van der Waals surface area contributed by atoms with Crippen molar-refractivity contribution in [1.82, 2.24) is 0 Å². The van der Waals surface area contributed by atoms with E-state index in [1.54, 1.807) is 11.1 Å². The van der Waals surface area contributed by atoms with Gasteiger partial charge in [-0.3, -0.25) is 0 Å². The maximum Gasteiger partial charge on any atom is -0.0171 e. The lowest BCUT2D eigenvalue weighted by Crippen LogP contribution is -2.26. The summed E-state index contributed by atoms with van der Waals surface area (Å²) in [5, 5.41) is 0. The summed E-state index contributed by atoms with van der Waals surface area (Å²) in [7, 11) is 0. The summed E-state index contributed by atoms with van der Waals surface area (Å²) in [5.74, 6) is 2.70. The van der Waals surface area contributed by atoms with Gasteiger partial charge >= 0.3 is 0 Å². The molecule has 15 heavy (non-hydrogen) atoms. The molecule has 0 spiro atoms. The molecular formula is C15H24. The van der Waals surface area contributed by atoms with Crippen LogP contribution >= 0.6 is 0 Å². The fourth-order valence-electron chi connectivity index (χ4n) is 3.46. The predicted octanol–water partition coefficient (Wildman–Crippen LogP) is 4.73. The highest BCUT2D eigenvalue weighted by atomic mass is 14.4. The Morgan fingerprint density at radius 2 is 1.93 bits per heavy atom. The summed E-state index contributed by atoms with van der Waals surface area (Å²) in [6.45, 7) is 11.2. The smallest absolute Gasteiger partial charge is 0.0171 e. The third-order valence-electron chi connectivity index (χ3n) is 4.43. The minimum Gasteiger partial charge on any atom is -0.0958 e. The SMILES string of the molecule is C=C(C)C1=C2C[C@@H](C)CC[C@@H]2[C@@H](C)CC1. The van der Waals surface area contributed by atoms with Gasteiger partial charge in [-0.2, -0.15) is 0 Å². The Bertz CT molecular complexity index is 295. The third kappa shape index (κ3) is 2.04. The largest absolute Gasteiger partial charge is 0.0958 e. The zero-order valence-corrected chi connectivity index (χ0v) is 10.5. The Labute approximate surface area is 94.5 Å². The zero-order valence-electron chi connectivity index (χ0n) is 10.5. The van der Waals surface area contributed by atoms with Crippen LogP contribution in [0.2, 0.25) is 0 Å². The topological polar surface area (TPSA) is 0 Å². The first-order chi connectivity index (χ1) is 7.09. The molecule has 84 valence electrons. The molecule has 0 N–H and O–H groups in total. The quantitative estimate of drug-likeness (QED) is 0.579. The monoisotopic (exact) mass is 204 g/mol. The first-order valence-corrected chi connectivity index (χ1v) is 6.47. The molecule has 0 aromatic heterocycles. The average Bonchev–Trinajstić information content (AvgIpc) is 2.17. The van der Waals surface area contributed by atoms with Crippen molar-refractivity contribution < 1.29 is 0 Å². The molecule has 0 nitrogen and oxygen atoms in total. The lowest BCUT2D eigenvalue weighted by atomic mass is 9.66. The molecule has 0 aliphatic heterocycles. The Morgan fingerprint density at radius 3 is 2.60 bits per heavy atom. The van der Waals surface area contributed by atoms with Gasteiger partial charge < -0.3 is 0 Å². The van der Waals surface area contributed by atoms with Crippen LogP contribution < -0.4 is 0 Å². The second kappa shape index (κ2) is 4.15. The minimum absolute atomic E-state index is 0.890. The van der Waals surface area contributed by atoms with Crippen LogP contribution in [0.1, 0.15) is 52.9 Å². The third-order valence-corrected chi connectivity index (χ3v) is 4.43. The molecule has 1 fully saturated rings. The molecular weight excluding hydrogens is 180 g/mol. The van der Waals surface area contributed by atoms with E-state index < -0.39 is 0 Å². The van der Waals surface area contributed by atoms with Gasteiger partial charge in [-0.05, 0) is 62.4 Å². The number of rotatable bonds is 1. The second-order valence-electron chi connectivity index (χ2n) is 5.79. The Morgan fingerprint density at radius 1 is 1.20 bits per heavy atom. The van der Waals surface area contributed by atoms with Crippen LogP contribution in [0.3, 0.4) is 0 Å². The van der Waals surface area contributed by atoms with Crippen LogP contribution in [0.25, 0.3) is 0 Å². The van der Waals surface area contributed by atoms with Crippen LogP contribution in [0.5, 0.6) is 0 Å². The van der Waals surface area contributed by atoms with Crippen molar-refractivity contribution >= 4 is 0 Å². The molecule has 0 unspecified atom stereocenters. The molecule has 1 saturated carbocycles. The molecule has 0 saturated heterocycles. The van der Waals surface area contributed by atoms with Gasteiger partial charge in [0.15, 0.2) is 0 Å². The molecule has 0 aromatic rings. The van der Waals surface area contributed by atoms with Crippen molar-refractivity contribution in [3.63, 3.8) is 0 Å². The van der Waals surface area contributed by atoms with Gasteiger partial charge in [0.2, 0.25) is 0 Å². The van der Waals surface area contributed by atoms with Gasteiger partial charge in [0.1, 0.15) is 0 Å². The van der Waals surface area contributed by atoms with Crippen molar-refractivity contribution in [1.29, 1.82) is 0 Å². The molecule has 2 aliphatic carbocycles. The molecule has 0 heteroatoms. The Balaban J connectivity index is 2.32. The lowest BCUT2D eigenvalue weighted by Gasteiger charge is -2.39. The fourth-order valence-corrected chi connectivity index (χ4v) is 3.46. The first-order valence-electron chi connectivity index (χ1n) is 6.47. The Kier molecular flexibility index (Phi) is 3.04. The molecule has 0 amide bonds. The van der Waals surface area contributed by atoms with Gasteiger partial charge in [0.05, 0.1) is 0 Å². The molecule has 0 heterocycles. The maximum absolute atomic E-state index is 4.16. The standard InChI is InChI=1S/C15H24/c1-10(2)13-8-6-12(4)14-7-5-11(3)9-15(13)14/h11-12,14H,1,5-9H2,2-4H3/t11-,12-,14+/m0/s1. The molecule has 2 aliphatic rings. The molecule has 0 radical (unpaired) electrons. The van der Waals surface area contributed by atoms with E-state index in [9.17, 15) is 0 Å². The van der Waals surface area contributed by atoms with Crippen LogP contribution in [-0.2, 0) is 0 Å². The second-order valence-corrected chi connectivity index (χ2v) is 5.79. The van der Waals surface area contributed by atoms with Crippen LogP contribution in [0.4, 0.5) is 0 Å². The zero-order chi connectivity index (χ0) is 11.0. The summed E-state index contributed by atoms with van der Waals surface area (Å²) >= 11 is 0. The fraction of sp³-hybridized carbons (Fsp3) is 0.733. The summed E-state index contributed by atoms with van der Waals surface area (Å²) in [5.41, 5.74) is 4.74. The van der Waals surface area contributed by atoms with Crippen molar-refractivity contribution in [3.05, 3.63) is 23.3 Å². The van der Waals surface area contributed by atoms with E-state index >= 15 is 0 Å². The number of hydrogen-bond donors (Lipinski definition) is 0. The van der Waals surface area contributed by atoms with E-state index in [2.05, 4.69) is 27.4 Å². The van der Waals surface area contributed by atoms with E-state index in [1.807, 2.05) is 0 Å². The normalized spacial score (nSPS) is 36.3. The van der Waals surface area contributed by atoms with E-state index in [-0.39, 0.29) is 0 Å². The van der Waals surface area contributed by atoms with Crippen molar-refractivity contribution in [2.24, 2.45) is 17.8 Å². The van der Waals surface area contributed by atoms with Gasteiger partial charge in [-0.25, -0.2) is 0 Å². The molecule has 2 rings (SSSR count). The van der Waals surface area contributed by atoms with Gasteiger partial charge in [-0.15, -0.1) is 0 Å². The highest BCUT2D eigenvalue weighted by Gasteiger charge is 2.32. The Hall–Kier alpha value is -0.520. The van der Waals surface area contributed by atoms with Crippen molar-refractivity contribution in [3.8, 4) is 0 Å². The highest BCUT2D eigenvalue weighted by Crippen LogP contribution is 2.46. The van der Waals surface area contributed by atoms with Gasteiger partial charge in [0, 0.05) is 0 Å². The average molecular weight is 204 g/mol. The van der Waals surface area contributed by atoms with Crippen LogP contribution in [0, 0.1) is 17.8 Å². The number of fused-ring (bicyclic) bond motifs is 1. The van der Waals surface area contributed by atoms with Crippen molar-refractivity contribution in [2.45, 2.75) is 52.9 Å². The molecule has 3 atom stereocenters. The lowest BCUT2D eigenvalue weighted by molar-refractivity contribution is 0.265. The van der Waals surface area contributed by atoms with Crippen LogP contribution in [-0.4, -0.2) is 0 Å². The minimum atomic E-state index is 0.890. The van der Waals surface area contributed by atoms with Crippen molar-refractivity contribution in [2.75, 3.05) is 0 Å². The number of hydrogen-bond acceptors (Lipinski definition) is 0. The van der Waals surface area contributed by atoms with E-state index in [1.165, 1.54) is 37.7 Å². The van der Waals surface area contributed by atoms with Gasteiger partial charge in [-0.1, -0.05) is 31.6 Å². The summed E-state index contributed by atoms with van der Waals surface area (Å²) in [6.07, 6.45) is 6.87.